The van der Waals surface area contributed by atoms with Crippen LogP contribution in [0.15, 0.2) is 24.8 Å². The summed E-state index contributed by atoms with van der Waals surface area (Å²) < 4.78 is 0. The van der Waals surface area contributed by atoms with Crippen LogP contribution in [-0.2, 0) is 0 Å². The predicted molar refractivity (Wildman–Crippen MR) is 63.2 cm³/mol. The van der Waals surface area contributed by atoms with Crippen molar-refractivity contribution in [2.45, 2.75) is 12.5 Å². The van der Waals surface area contributed by atoms with E-state index in [-0.39, 0.29) is 6.04 Å². The van der Waals surface area contributed by atoms with E-state index in [9.17, 15) is 0 Å². The summed E-state index contributed by atoms with van der Waals surface area (Å²) in [7, 11) is 0. The Kier molecular flexibility index (Phi) is 4.27. The zero-order chi connectivity index (χ0) is 10.7. The topological polar surface area (TPSA) is 26.0 Å². The molecule has 0 heterocycles. The summed E-state index contributed by atoms with van der Waals surface area (Å²) in [6, 6.07) is 3.08. The Morgan fingerprint density at radius 3 is 2.43 bits per heavy atom. The number of rotatable bonds is 3. The van der Waals surface area contributed by atoms with Crippen LogP contribution in [0.4, 0.5) is 0 Å². The maximum atomic E-state index is 6.00. The zero-order valence-corrected chi connectivity index (χ0v) is 9.70. The molecule has 0 radical (unpaired) electrons. The third kappa shape index (κ3) is 2.43. The first kappa shape index (κ1) is 11.9. The van der Waals surface area contributed by atoms with Gasteiger partial charge in [0.1, 0.15) is 0 Å². The summed E-state index contributed by atoms with van der Waals surface area (Å²) in [5.41, 5.74) is 6.56. The molecule has 76 valence electrons. The van der Waals surface area contributed by atoms with Crippen molar-refractivity contribution in [2.24, 2.45) is 5.73 Å². The Morgan fingerprint density at radius 2 is 1.86 bits per heavy atom. The van der Waals surface area contributed by atoms with E-state index in [4.69, 9.17) is 40.5 Å². The molecule has 1 nitrogen and oxygen atoms in total. The summed E-state index contributed by atoms with van der Waals surface area (Å²) >= 11 is 17.8. The summed E-state index contributed by atoms with van der Waals surface area (Å²) in [5.74, 6) is 0. The molecule has 0 amide bonds. The molecule has 0 saturated heterocycles. The van der Waals surface area contributed by atoms with Crippen molar-refractivity contribution in [1.82, 2.24) is 0 Å². The lowest BCUT2D eigenvalue weighted by molar-refractivity contribution is 0.742. The van der Waals surface area contributed by atoms with Gasteiger partial charge in [-0.15, -0.1) is 6.58 Å². The van der Waals surface area contributed by atoms with E-state index in [1.807, 2.05) is 0 Å². The van der Waals surface area contributed by atoms with Crippen molar-refractivity contribution in [3.63, 3.8) is 0 Å². The molecule has 0 spiro atoms. The molecule has 1 aromatic rings. The number of halogens is 3. The van der Waals surface area contributed by atoms with Gasteiger partial charge >= 0.3 is 0 Å². The van der Waals surface area contributed by atoms with E-state index in [0.29, 0.717) is 27.1 Å². The van der Waals surface area contributed by atoms with E-state index in [2.05, 4.69) is 6.58 Å². The molecule has 0 aromatic heterocycles. The van der Waals surface area contributed by atoms with Gasteiger partial charge in [-0.3, -0.25) is 0 Å². The first-order chi connectivity index (χ1) is 6.57. The summed E-state index contributed by atoms with van der Waals surface area (Å²) in [6.45, 7) is 3.61. The van der Waals surface area contributed by atoms with Crippen molar-refractivity contribution >= 4 is 34.8 Å². The second kappa shape index (κ2) is 5.04. The van der Waals surface area contributed by atoms with E-state index in [1.165, 1.54) is 0 Å². The quantitative estimate of drug-likeness (QED) is 0.631. The molecule has 0 saturated carbocycles. The molecule has 1 atom stereocenters. The lowest BCUT2D eigenvalue weighted by Crippen LogP contribution is -2.10. The van der Waals surface area contributed by atoms with Crippen molar-refractivity contribution in [3.05, 3.63) is 45.4 Å². The zero-order valence-electron chi connectivity index (χ0n) is 7.43. The van der Waals surface area contributed by atoms with Gasteiger partial charge in [-0.05, 0) is 18.6 Å². The Balaban J connectivity index is 3.17. The minimum atomic E-state index is -0.258. The van der Waals surface area contributed by atoms with Crippen molar-refractivity contribution < 1.29 is 0 Å². The fourth-order valence-electron chi connectivity index (χ4n) is 1.18. The first-order valence-electron chi connectivity index (χ1n) is 4.07. The standard InChI is InChI=1S/C10H10Cl3N/c1-2-3-8(14)9-6(11)4-5-7(12)10(9)13/h2,4-5,8H,1,3,14H2/t8-/m0/s1. The second-order valence-corrected chi connectivity index (χ2v) is 4.08. The average Bonchev–Trinajstić information content (AvgIpc) is 2.13. The van der Waals surface area contributed by atoms with Gasteiger partial charge in [0, 0.05) is 16.6 Å². The molecular formula is C10H10Cl3N. The molecule has 0 aliphatic rings. The number of nitrogens with two attached hydrogens (primary N) is 1. The number of benzene rings is 1. The van der Waals surface area contributed by atoms with E-state index in [0.717, 1.165) is 0 Å². The molecule has 0 bridgehead atoms. The highest BCUT2D eigenvalue weighted by Gasteiger charge is 2.15. The molecule has 0 aliphatic heterocycles. The highest BCUT2D eigenvalue weighted by atomic mass is 35.5. The third-order valence-electron chi connectivity index (χ3n) is 1.87. The van der Waals surface area contributed by atoms with Crippen LogP contribution in [0.3, 0.4) is 0 Å². The van der Waals surface area contributed by atoms with Crippen LogP contribution in [0.5, 0.6) is 0 Å². The normalized spacial score (nSPS) is 12.6. The molecule has 4 heteroatoms. The van der Waals surface area contributed by atoms with E-state index in [1.54, 1.807) is 18.2 Å². The van der Waals surface area contributed by atoms with Crippen LogP contribution >= 0.6 is 34.8 Å². The lowest BCUT2D eigenvalue weighted by Gasteiger charge is -2.14. The smallest absolute Gasteiger partial charge is 0.0655 e. The Bertz CT molecular complexity index is 349. The highest BCUT2D eigenvalue weighted by molar-refractivity contribution is 6.44. The van der Waals surface area contributed by atoms with E-state index < -0.39 is 0 Å². The lowest BCUT2D eigenvalue weighted by atomic mass is 10.0. The molecular weight excluding hydrogens is 240 g/mol. The Morgan fingerprint density at radius 1 is 1.29 bits per heavy atom. The van der Waals surface area contributed by atoms with Crippen LogP contribution < -0.4 is 5.73 Å². The maximum absolute atomic E-state index is 6.00. The molecule has 0 fully saturated rings. The summed E-state index contributed by atoms with van der Waals surface area (Å²) in [5, 5.41) is 1.42. The van der Waals surface area contributed by atoms with Gasteiger partial charge in [0.2, 0.25) is 0 Å². The average molecular weight is 251 g/mol. The van der Waals surface area contributed by atoms with Crippen molar-refractivity contribution in [2.75, 3.05) is 0 Å². The van der Waals surface area contributed by atoms with Gasteiger partial charge in [0.05, 0.1) is 10.0 Å². The molecule has 0 aliphatic carbocycles. The molecule has 1 aromatic carbocycles. The van der Waals surface area contributed by atoms with Gasteiger partial charge in [-0.1, -0.05) is 40.9 Å². The Labute approximate surface area is 98.5 Å². The highest BCUT2D eigenvalue weighted by Crippen LogP contribution is 2.35. The van der Waals surface area contributed by atoms with Gasteiger partial charge in [0.25, 0.3) is 0 Å². The summed E-state index contributed by atoms with van der Waals surface area (Å²) in [4.78, 5) is 0. The Hall–Kier alpha value is -0.210. The minimum absolute atomic E-state index is 0.258. The van der Waals surface area contributed by atoms with Gasteiger partial charge in [0.15, 0.2) is 0 Å². The molecule has 2 N–H and O–H groups in total. The summed E-state index contributed by atoms with van der Waals surface area (Å²) in [6.07, 6.45) is 2.33. The number of hydrogen-bond acceptors (Lipinski definition) is 1. The predicted octanol–water partition coefficient (Wildman–Crippen LogP) is 4.22. The van der Waals surface area contributed by atoms with Gasteiger partial charge < -0.3 is 5.73 Å². The van der Waals surface area contributed by atoms with Crippen LogP contribution in [0.1, 0.15) is 18.0 Å². The van der Waals surface area contributed by atoms with Crippen LogP contribution in [-0.4, -0.2) is 0 Å². The molecule has 14 heavy (non-hydrogen) atoms. The first-order valence-corrected chi connectivity index (χ1v) is 5.21. The van der Waals surface area contributed by atoms with E-state index >= 15 is 0 Å². The fourth-order valence-corrected chi connectivity index (χ4v) is 2.00. The maximum Gasteiger partial charge on any atom is 0.0655 e. The van der Waals surface area contributed by atoms with Gasteiger partial charge in [-0.25, -0.2) is 0 Å². The monoisotopic (exact) mass is 249 g/mol. The fraction of sp³-hybridized carbons (Fsp3) is 0.200. The van der Waals surface area contributed by atoms with Crippen molar-refractivity contribution in [3.8, 4) is 0 Å². The second-order valence-electron chi connectivity index (χ2n) is 2.89. The molecule has 0 unspecified atom stereocenters. The van der Waals surface area contributed by atoms with Gasteiger partial charge in [-0.2, -0.15) is 0 Å². The third-order valence-corrected chi connectivity index (χ3v) is 3.02. The van der Waals surface area contributed by atoms with Crippen LogP contribution in [0, 0.1) is 0 Å². The van der Waals surface area contributed by atoms with Crippen LogP contribution in [0.25, 0.3) is 0 Å². The van der Waals surface area contributed by atoms with Crippen molar-refractivity contribution in [1.29, 1.82) is 0 Å². The largest absolute Gasteiger partial charge is 0.324 e. The SMILES string of the molecule is C=CC[C@H](N)c1c(Cl)ccc(Cl)c1Cl. The molecule has 1 rings (SSSR count). The minimum Gasteiger partial charge on any atom is -0.324 e. The van der Waals surface area contributed by atoms with Crippen LogP contribution in [0.2, 0.25) is 15.1 Å². The number of hydrogen-bond donors (Lipinski definition) is 1.